The summed E-state index contributed by atoms with van der Waals surface area (Å²) in [5, 5.41) is 8.98. The quantitative estimate of drug-likeness (QED) is 0.582. The molecule has 1 saturated heterocycles. The molecule has 2 amide bonds. The molecule has 174 valence electrons. The summed E-state index contributed by atoms with van der Waals surface area (Å²) in [6.07, 6.45) is 1.24. The van der Waals surface area contributed by atoms with E-state index in [0.29, 0.717) is 22.8 Å². The number of rotatable bonds is 6. The molecule has 0 spiro atoms. The second-order valence-corrected chi connectivity index (χ2v) is 9.26. The van der Waals surface area contributed by atoms with Gasteiger partial charge in [0.2, 0.25) is 0 Å². The number of anilines is 1. The molecule has 1 aliphatic heterocycles. The van der Waals surface area contributed by atoms with Gasteiger partial charge in [-0.2, -0.15) is 5.10 Å². The van der Waals surface area contributed by atoms with Gasteiger partial charge in [0.15, 0.2) is 0 Å². The van der Waals surface area contributed by atoms with E-state index in [1.165, 1.54) is 28.6 Å². The number of cyclic esters (lactones) is 1. The highest BCUT2D eigenvalue weighted by Crippen LogP contribution is 2.31. The van der Waals surface area contributed by atoms with E-state index in [1.54, 1.807) is 43.9 Å². The lowest BCUT2D eigenvalue weighted by atomic mass is 10.2. The lowest BCUT2D eigenvalue weighted by Gasteiger charge is -2.20. The minimum atomic E-state index is -0.629. The number of ether oxygens (including phenoxy) is 2. The first-order valence-corrected chi connectivity index (χ1v) is 11.1. The molecule has 1 atom stereocenters. The number of carbonyl (C=O) groups excluding carboxylic acids is 2. The second-order valence-electron chi connectivity index (χ2n) is 8.40. The third-order valence-corrected chi connectivity index (χ3v) is 5.51. The molecule has 1 aliphatic rings. The van der Waals surface area contributed by atoms with Crippen molar-refractivity contribution in [3.8, 4) is 10.6 Å². The van der Waals surface area contributed by atoms with Crippen LogP contribution in [0.1, 0.15) is 26.5 Å². The van der Waals surface area contributed by atoms with E-state index in [9.17, 15) is 14.0 Å². The Morgan fingerprint density at radius 1 is 1.39 bits per heavy atom. The van der Waals surface area contributed by atoms with Crippen molar-refractivity contribution in [1.29, 1.82) is 0 Å². The molecule has 12 heteroatoms. The van der Waals surface area contributed by atoms with Crippen molar-refractivity contribution in [2.75, 3.05) is 18.0 Å². The van der Waals surface area contributed by atoms with Gasteiger partial charge in [0.25, 0.3) is 0 Å². The molecule has 0 aliphatic carbocycles. The number of aromatic nitrogens is 4. The van der Waals surface area contributed by atoms with Gasteiger partial charge in [0.05, 0.1) is 31.0 Å². The molecular weight excluding hydrogens is 451 g/mol. The molecule has 4 rings (SSSR count). The number of benzene rings is 1. The zero-order valence-electron chi connectivity index (χ0n) is 18.3. The number of nitrogens with one attached hydrogen (secondary N) is 1. The molecule has 0 radical (unpaired) electrons. The fourth-order valence-corrected chi connectivity index (χ4v) is 4.02. The van der Waals surface area contributed by atoms with Gasteiger partial charge < -0.3 is 14.8 Å². The van der Waals surface area contributed by atoms with Crippen molar-refractivity contribution in [2.45, 2.75) is 39.0 Å². The van der Waals surface area contributed by atoms with Gasteiger partial charge in [0, 0.05) is 10.9 Å². The van der Waals surface area contributed by atoms with Gasteiger partial charge in [-0.15, -0.1) is 11.3 Å². The van der Waals surface area contributed by atoms with E-state index in [2.05, 4.69) is 20.4 Å². The molecule has 1 fully saturated rings. The standard InChI is InChI=1S/C21H23FN6O4S/c1-21(2,3)32-19(29)24-7-15-9-28(20(30)31-15)14-4-5-16(17(22)6-14)18-26-13(10-33-18)8-27-12-23-11-25-27/h4-6,10-12,15H,7-9H2,1-3H3,(H,24,29)/t15-/m0/s1. The highest BCUT2D eigenvalue weighted by atomic mass is 32.1. The monoisotopic (exact) mass is 474 g/mol. The van der Waals surface area contributed by atoms with Crippen molar-refractivity contribution in [1.82, 2.24) is 25.1 Å². The molecule has 3 aromatic rings. The first-order valence-electron chi connectivity index (χ1n) is 10.2. The number of alkyl carbamates (subject to hydrolysis) is 1. The molecule has 1 N–H and O–H groups in total. The van der Waals surface area contributed by atoms with E-state index < -0.39 is 29.7 Å². The highest BCUT2D eigenvalue weighted by molar-refractivity contribution is 7.13. The predicted molar refractivity (Wildman–Crippen MR) is 118 cm³/mol. The van der Waals surface area contributed by atoms with Gasteiger partial charge >= 0.3 is 12.2 Å². The fraction of sp³-hybridized carbons (Fsp3) is 0.381. The highest BCUT2D eigenvalue weighted by Gasteiger charge is 2.33. The predicted octanol–water partition coefficient (Wildman–Crippen LogP) is 3.44. The van der Waals surface area contributed by atoms with Crippen LogP contribution in [-0.4, -0.2) is 56.7 Å². The maximum absolute atomic E-state index is 14.9. The van der Waals surface area contributed by atoms with Gasteiger partial charge in [-0.3, -0.25) is 4.90 Å². The number of nitrogens with zero attached hydrogens (tertiary/aromatic N) is 5. The maximum Gasteiger partial charge on any atom is 0.414 e. The van der Waals surface area contributed by atoms with Crippen LogP contribution >= 0.6 is 11.3 Å². The molecule has 10 nitrogen and oxygen atoms in total. The Hall–Kier alpha value is -3.54. The van der Waals surface area contributed by atoms with Crippen molar-refractivity contribution in [3.05, 3.63) is 47.7 Å². The smallest absolute Gasteiger partial charge is 0.414 e. The van der Waals surface area contributed by atoms with Crippen molar-refractivity contribution in [3.63, 3.8) is 0 Å². The van der Waals surface area contributed by atoms with Crippen LogP contribution in [0.2, 0.25) is 0 Å². The number of hydrogen-bond acceptors (Lipinski definition) is 8. The Morgan fingerprint density at radius 2 is 2.21 bits per heavy atom. The minimum absolute atomic E-state index is 0.0887. The average molecular weight is 475 g/mol. The molecule has 3 heterocycles. The van der Waals surface area contributed by atoms with Crippen molar-refractivity contribution in [2.24, 2.45) is 0 Å². The lowest BCUT2D eigenvalue weighted by Crippen LogP contribution is -2.38. The third kappa shape index (κ3) is 5.64. The zero-order valence-corrected chi connectivity index (χ0v) is 19.1. The number of thiazole rings is 1. The van der Waals surface area contributed by atoms with Crippen molar-refractivity contribution < 1.29 is 23.5 Å². The Morgan fingerprint density at radius 3 is 2.91 bits per heavy atom. The Balaban J connectivity index is 1.39. The summed E-state index contributed by atoms with van der Waals surface area (Å²) in [5.74, 6) is -0.503. The molecular formula is C21H23FN6O4S. The molecule has 0 unspecified atom stereocenters. The average Bonchev–Trinajstić information content (AvgIpc) is 3.47. The SMILES string of the molecule is CC(C)(C)OC(=O)NC[C@H]1CN(c2ccc(-c3nc(Cn4cncn4)cs3)c(F)c2)C(=O)O1. The van der Waals surface area contributed by atoms with Crippen LogP contribution in [0.15, 0.2) is 36.2 Å². The van der Waals surface area contributed by atoms with Crippen LogP contribution in [0.3, 0.4) is 0 Å². The number of hydrogen-bond donors (Lipinski definition) is 1. The van der Waals surface area contributed by atoms with E-state index in [0.717, 1.165) is 5.69 Å². The molecule has 33 heavy (non-hydrogen) atoms. The minimum Gasteiger partial charge on any atom is -0.444 e. The maximum atomic E-state index is 14.9. The topological polar surface area (TPSA) is 111 Å². The van der Waals surface area contributed by atoms with Crippen LogP contribution in [0.25, 0.3) is 10.6 Å². The first kappa shape index (κ1) is 22.6. The van der Waals surface area contributed by atoms with Crippen LogP contribution in [0.4, 0.5) is 19.7 Å². The molecule has 0 bridgehead atoms. The van der Waals surface area contributed by atoms with E-state index >= 15 is 0 Å². The van der Waals surface area contributed by atoms with Gasteiger partial charge in [-0.25, -0.2) is 28.6 Å². The molecule has 1 aromatic carbocycles. The number of halogens is 1. The summed E-state index contributed by atoms with van der Waals surface area (Å²) >= 11 is 1.32. The summed E-state index contributed by atoms with van der Waals surface area (Å²) in [5.41, 5.74) is 0.813. The summed E-state index contributed by atoms with van der Waals surface area (Å²) in [7, 11) is 0. The van der Waals surface area contributed by atoms with Crippen LogP contribution < -0.4 is 10.2 Å². The van der Waals surface area contributed by atoms with Crippen LogP contribution in [0, 0.1) is 5.82 Å². The fourth-order valence-electron chi connectivity index (χ4n) is 3.18. The van der Waals surface area contributed by atoms with Crippen molar-refractivity contribution >= 4 is 29.2 Å². The summed E-state index contributed by atoms with van der Waals surface area (Å²) < 4.78 is 27.0. The zero-order chi connectivity index (χ0) is 23.6. The van der Waals surface area contributed by atoms with Gasteiger partial charge in [0.1, 0.15) is 35.2 Å². The Labute approximate surface area is 193 Å². The number of carbonyl (C=O) groups is 2. The Bertz CT molecular complexity index is 1140. The van der Waals surface area contributed by atoms with E-state index in [1.807, 2.05) is 5.38 Å². The molecule has 0 saturated carbocycles. The third-order valence-electron chi connectivity index (χ3n) is 4.58. The Kier molecular flexibility index (Phi) is 6.27. The van der Waals surface area contributed by atoms with Crippen LogP contribution in [0.5, 0.6) is 0 Å². The van der Waals surface area contributed by atoms with Gasteiger partial charge in [-0.05, 0) is 39.0 Å². The molecule has 2 aromatic heterocycles. The van der Waals surface area contributed by atoms with Gasteiger partial charge in [-0.1, -0.05) is 0 Å². The largest absolute Gasteiger partial charge is 0.444 e. The summed E-state index contributed by atoms with van der Waals surface area (Å²) in [6, 6.07) is 4.50. The van der Waals surface area contributed by atoms with E-state index in [-0.39, 0.29) is 13.1 Å². The summed E-state index contributed by atoms with van der Waals surface area (Å²) in [4.78, 5) is 33.8. The first-order chi connectivity index (χ1) is 15.7. The van der Waals surface area contributed by atoms with E-state index in [4.69, 9.17) is 9.47 Å². The lowest BCUT2D eigenvalue weighted by molar-refractivity contribution is 0.0496. The normalized spacial score (nSPS) is 16.1. The summed E-state index contributed by atoms with van der Waals surface area (Å²) in [6.45, 7) is 5.97. The second kappa shape index (κ2) is 9.14. The van der Waals surface area contributed by atoms with Crippen LogP contribution in [-0.2, 0) is 16.0 Å². The number of amides is 2.